The summed E-state index contributed by atoms with van der Waals surface area (Å²) in [6.45, 7) is 1.99. The molecule has 0 spiro atoms. The number of hydrogen-bond donors (Lipinski definition) is 0. The predicted molar refractivity (Wildman–Crippen MR) is 177 cm³/mol. The molecule has 0 radical (unpaired) electrons. The first-order valence-corrected chi connectivity index (χ1v) is 14.5. The van der Waals surface area contributed by atoms with Gasteiger partial charge in [-0.05, 0) is 70.6 Å². The van der Waals surface area contributed by atoms with Gasteiger partial charge in [-0.2, -0.15) is 0 Å². The highest BCUT2D eigenvalue weighted by Crippen LogP contribution is 2.40. The Labute approximate surface area is 247 Å². The molecule has 0 aliphatic rings. The van der Waals surface area contributed by atoms with E-state index in [1.165, 1.54) is 21.7 Å². The fourth-order valence-corrected chi connectivity index (χ4v) is 6.47. The van der Waals surface area contributed by atoms with Crippen LogP contribution < -0.4 is 0 Å². The molecule has 0 atom stereocenters. The lowest BCUT2D eigenvalue weighted by molar-refractivity contribution is 0.653. The van der Waals surface area contributed by atoms with Crippen molar-refractivity contribution in [1.82, 2.24) is 14.5 Å². The molecule has 0 bridgehead atoms. The van der Waals surface area contributed by atoms with Gasteiger partial charge in [0.25, 0.3) is 0 Å². The Balaban J connectivity index is 1.39. The van der Waals surface area contributed by atoms with E-state index in [0.717, 1.165) is 61.1 Å². The van der Waals surface area contributed by atoms with E-state index in [1.807, 2.05) is 19.1 Å². The van der Waals surface area contributed by atoms with Crippen LogP contribution in [0.15, 0.2) is 138 Å². The molecule has 0 fully saturated rings. The van der Waals surface area contributed by atoms with Crippen molar-refractivity contribution in [3.8, 4) is 28.2 Å². The molecule has 9 aromatic rings. The summed E-state index contributed by atoms with van der Waals surface area (Å²) >= 11 is 0. The lowest BCUT2D eigenvalue weighted by Crippen LogP contribution is -1.98. The van der Waals surface area contributed by atoms with Gasteiger partial charge in [-0.25, -0.2) is 9.97 Å². The van der Waals surface area contributed by atoms with E-state index >= 15 is 0 Å². The van der Waals surface area contributed by atoms with Gasteiger partial charge in [-0.1, -0.05) is 97.1 Å². The van der Waals surface area contributed by atoms with Crippen LogP contribution in [-0.4, -0.2) is 14.5 Å². The van der Waals surface area contributed by atoms with E-state index in [9.17, 15) is 0 Å². The van der Waals surface area contributed by atoms with Crippen molar-refractivity contribution in [3.05, 3.63) is 139 Å². The van der Waals surface area contributed by atoms with Crippen LogP contribution in [0.5, 0.6) is 0 Å². The average Bonchev–Trinajstić information content (AvgIpc) is 3.63. The van der Waals surface area contributed by atoms with Crippen LogP contribution in [0.25, 0.3) is 82.8 Å². The zero-order valence-corrected chi connectivity index (χ0v) is 23.5. The van der Waals surface area contributed by atoms with Crippen molar-refractivity contribution in [1.29, 1.82) is 0 Å². The van der Waals surface area contributed by atoms with Crippen molar-refractivity contribution < 1.29 is 4.42 Å². The first-order chi connectivity index (χ1) is 21.2. The quantitative estimate of drug-likeness (QED) is 0.205. The molecule has 3 heterocycles. The molecule has 9 rings (SSSR count). The van der Waals surface area contributed by atoms with Crippen LogP contribution in [0.4, 0.5) is 0 Å². The molecular formula is C39H25N3O. The maximum Gasteiger partial charge on any atom is 0.227 e. The number of imidazole rings is 1. The van der Waals surface area contributed by atoms with Gasteiger partial charge < -0.3 is 4.42 Å². The third kappa shape index (κ3) is 3.63. The topological polar surface area (TPSA) is 43.9 Å². The average molecular weight is 552 g/mol. The summed E-state index contributed by atoms with van der Waals surface area (Å²) in [6.07, 6.45) is 0. The highest BCUT2D eigenvalue weighted by molar-refractivity contribution is 6.17. The molecule has 202 valence electrons. The minimum Gasteiger partial charge on any atom is -0.437 e. The lowest BCUT2D eigenvalue weighted by atomic mass is 10.0. The van der Waals surface area contributed by atoms with Crippen LogP contribution in [0.3, 0.4) is 0 Å². The standard InChI is InChI=1S/C39H25N3O/c1-24-17-19-33-32-15-8-16-34(37(32)43-39(33)40-24)38-41-36-31-20-18-26-11-5-6-14-29(26)30(31)21-22-35(36)42(38)28-13-7-12-27(23-28)25-9-3-2-4-10-25/h2-23H,1H3. The third-order valence-corrected chi connectivity index (χ3v) is 8.50. The zero-order chi connectivity index (χ0) is 28.5. The van der Waals surface area contributed by atoms with E-state index in [1.54, 1.807) is 0 Å². The van der Waals surface area contributed by atoms with Crippen molar-refractivity contribution >= 4 is 54.6 Å². The van der Waals surface area contributed by atoms with Gasteiger partial charge in [0.2, 0.25) is 5.71 Å². The molecule has 6 aromatic carbocycles. The minimum absolute atomic E-state index is 0.646. The summed E-state index contributed by atoms with van der Waals surface area (Å²) in [5.41, 5.74) is 8.68. The second-order valence-electron chi connectivity index (χ2n) is 11.1. The first-order valence-electron chi connectivity index (χ1n) is 14.5. The number of aryl methyl sites for hydroxylation is 1. The number of nitrogens with zero attached hydrogens (tertiary/aromatic N) is 3. The van der Waals surface area contributed by atoms with E-state index in [-0.39, 0.29) is 0 Å². The largest absolute Gasteiger partial charge is 0.437 e. The van der Waals surface area contributed by atoms with Crippen LogP contribution in [0.1, 0.15) is 5.69 Å². The normalized spacial score (nSPS) is 11.8. The summed E-state index contributed by atoms with van der Waals surface area (Å²) in [5.74, 6) is 0.835. The Kier molecular flexibility index (Phi) is 5.08. The Bertz CT molecular complexity index is 2520. The Morgan fingerprint density at radius 1 is 0.558 bits per heavy atom. The fourth-order valence-electron chi connectivity index (χ4n) is 6.47. The first kappa shape index (κ1) is 23.9. The lowest BCUT2D eigenvalue weighted by Gasteiger charge is -2.12. The zero-order valence-electron chi connectivity index (χ0n) is 23.5. The summed E-state index contributed by atoms with van der Waals surface area (Å²) in [5, 5.41) is 6.82. The van der Waals surface area contributed by atoms with Gasteiger partial charge in [0, 0.05) is 27.5 Å². The number of hydrogen-bond acceptors (Lipinski definition) is 3. The number of rotatable bonds is 3. The summed E-state index contributed by atoms with van der Waals surface area (Å²) in [6, 6.07) is 47.0. The Morgan fingerprint density at radius 3 is 2.26 bits per heavy atom. The van der Waals surface area contributed by atoms with Crippen LogP contribution in [0, 0.1) is 6.92 Å². The summed E-state index contributed by atoms with van der Waals surface area (Å²) in [7, 11) is 0. The molecule has 0 aliphatic heterocycles. The molecule has 4 heteroatoms. The number of pyridine rings is 1. The highest BCUT2D eigenvalue weighted by atomic mass is 16.3. The fraction of sp³-hybridized carbons (Fsp3) is 0.0256. The SMILES string of the molecule is Cc1ccc2c(n1)oc1c(-c3nc4c5ccc6ccccc6c5ccc4n3-c3cccc(-c4ccccc4)c3)cccc12. The smallest absolute Gasteiger partial charge is 0.227 e. The molecule has 0 saturated carbocycles. The second-order valence-corrected chi connectivity index (χ2v) is 11.1. The van der Waals surface area contributed by atoms with E-state index in [2.05, 4.69) is 126 Å². The molecule has 3 aromatic heterocycles. The molecule has 0 unspecified atom stereocenters. The van der Waals surface area contributed by atoms with Crippen LogP contribution in [0.2, 0.25) is 0 Å². The van der Waals surface area contributed by atoms with E-state index in [4.69, 9.17) is 14.4 Å². The van der Waals surface area contributed by atoms with Crippen molar-refractivity contribution in [2.24, 2.45) is 0 Å². The predicted octanol–water partition coefficient (Wildman–Crippen LogP) is 10.3. The monoisotopic (exact) mass is 551 g/mol. The molecule has 0 N–H and O–H groups in total. The summed E-state index contributed by atoms with van der Waals surface area (Å²) < 4.78 is 8.75. The van der Waals surface area contributed by atoms with Gasteiger partial charge in [-0.15, -0.1) is 0 Å². The van der Waals surface area contributed by atoms with E-state index < -0.39 is 0 Å². The molecule has 0 amide bonds. The van der Waals surface area contributed by atoms with Crippen molar-refractivity contribution in [2.45, 2.75) is 6.92 Å². The van der Waals surface area contributed by atoms with Gasteiger partial charge in [-0.3, -0.25) is 4.57 Å². The van der Waals surface area contributed by atoms with Gasteiger partial charge in [0.15, 0.2) is 0 Å². The molecular weight excluding hydrogens is 526 g/mol. The molecule has 0 aliphatic carbocycles. The summed E-state index contributed by atoms with van der Waals surface area (Å²) in [4.78, 5) is 10.1. The second kappa shape index (κ2) is 9.13. The van der Waals surface area contributed by atoms with Crippen molar-refractivity contribution in [2.75, 3.05) is 0 Å². The Hall–Kier alpha value is -5.74. The molecule has 0 saturated heterocycles. The van der Waals surface area contributed by atoms with Gasteiger partial charge >= 0.3 is 0 Å². The third-order valence-electron chi connectivity index (χ3n) is 8.50. The molecule has 43 heavy (non-hydrogen) atoms. The van der Waals surface area contributed by atoms with Crippen LogP contribution in [-0.2, 0) is 0 Å². The maximum absolute atomic E-state index is 6.48. The van der Waals surface area contributed by atoms with Crippen LogP contribution >= 0.6 is 0 Å². The van der Waals surface area contributed by atoms with Gasteiger partial charge in [0.05, 0.1) is 16.6 Å². The highest BCUT2D eigenvalue weighted by Gasteiger charge is 2.21. The molecule has 4 nitrogen and oxygen atoms in total. The van der Waals surface area contributed by atoms with E-state index in [0.29, 0.717) is 5.71 Å². The number of furan rings is 1. The number of aromatic nitrogens is 3. The van der Waals surface area contributed by atoms with Crippen molar-refractivity contribution in [3.63, 3.8) is 0 Å². The van der Waals surface area contributed by atoms with Gasteiger partial charge in [0.1, 0.15) is 11.4 Å². The maximum atomic E-state index is 6.48. The number of fused-ring (bicyclic) bond motifs is 8. The minimum atomic E-state index is 0.646. The number of para-hydroxylation sites is 1. The Morgan fingerprint density at radius 2 is 1.33 bits per heavy atom. The number of benzene rings is 6.